The summed E-state index contributed by atoms with van der Waals surface area (Å²) in [6.45, 7) is 0. The molecule has 18 heavy (non-hydrogen) atoms. The first kappa shape index (κ1) is 12.5. The molecule has 0 fully saturated rings. The molecule has 0 aliphatic carbocycles. The fourth-order valence-electron chi connectivity index (χ4n) is 1.28. The smallest absolute Gasteiger partial charge is 0.201 e. The number of rotatable bonds is 2. The van der Waals surface area contributed by atoms with Crippen molar-refractivity contribution in [1.82, 2.24) is 4.98 Å². The van der Waals surface area contributed by atoms with Crippen LogP contribution in [0, 0.1) is 23.0 Å². The van der Waals surface area contributed by atoms with Gasteiger partial charge in [0.2, 0.25) is 5.82 Å². The van der Waals surface area contributed by atoms with Gasteiger partial charge in [-0.2, -0.15) is 9.65 Å². The van der Waals surface area contributed by atoms with Gasteiger partial charge in [-0.05, 0) is 24.3 Å². The quantitative estimate of drug-likeness (QED) is 0.793. The van der Waals surface area contributed by atoms with Gasteiger partial charge < -0.3 is 4.74 Å². The molecule has 0 bridgehead atoms. The molecule has 3 nitrogen and oxygen atoms in total. The van der Waals surface area contributed by atoms with Crippen LogP contribution >= 0.6 is 15.9 Å². The topological polar surface area (TPSA) is 45.9 Å². The van der Waals surface area contributed by atoms with E-state index in [4.69, 9.17) is 10.00 Å². The number of nitriles is 1. The summed E-state index contributed by atoms with van der Waals surface area (Å²) >= 11 is 3.03. The van der Waals surface area contributed by atoms with Gasteiger partial charge >= 0.3 is 0 Å². The Kier molecular flexibility index (Phi) is 3.53. The van der Waals surface area contributed by atoms with E-state index in [9.17, 15) is 8.78 Å². The van der Waals surface area contributed by atoms with Crippen molar-refractivity contribution in [3.05, 3.63) is 52.3 Å². The molecule has 0 saturated heterocycles. The van der Waals surface area contributed by atoms with E-state index in [1.165, 1.54) is 24.4 Å². The summed E-state index contributed by atoms with van der Waals surface area (Å²) in [5.74, 6) is -2.41. The average Bonchev–Trinajstić information content (AvgIpc) is 2.36. The molecule has 0 unspecified atom stereocenters. The second-order valence-electron chi connectivity index (χ2n) is 3.26. The fourth-order valence-corrected chi connectivity index (χ4v) is 1.69. The first-order chi connectivity index (χ1) is 8.61. The van der Waals surface area contributed by atoms with Gasteiger partial charge in [0.05, 0.1) is 0 Å². The molecule has 90 valence electrons. The van der Waals surface area contributed by atoms with Crippen LogP contribution in [0.15, 0.2) is 34.9 Å². The summed E-state index contributed by atoms with van der Waals surface area (Å²) in [7, 11) is 0. The number of benzene rings is 1. The lowest BCUT2D eigenvalue weighted by atomic mass is 10.3. The summed E-state index contributed by atoms with van der Waals surface area (Å²) in [6.07, 6.45) is 1.41. The van der Waals surface area contributed by atoms with Crippen LogP contribution in [0.1, 0.15) is 5.69 Å². The second-order valence-corrected chi connectivity index (χ2v) is 4.18. The highest BCUT2D eigenvalue weighted by atomic mass is 79.9. The van der Waals surface area contributed by atoms with Gasteiger partial charge in [-0.25, -0.2) is 9.37 Å². The highest BCUT2D eigenvalue weighted by Gasteiger charge is 2.14. The van der Waals surface area contributed by atoms with Crippen molar-refractivity contribution in [3.8, 4) is 17.6 Å². The van der Waals surface area contributed by atoms with Crippen LogP contribution in [0.3, 0.4) is 0 Å². The lowest BCUT2D eigenvalue weighted by Crippen LogP contribution is -1.95. The Morgan fingerprint density at radius 3 is 2.78 bits per heavy atom. The van der Waals surface area contributed by atoms with E-state index in [0.717, 1.165) is 6.07 Å². The minimum absolute atomic E-state index is 0.00252. The van der Waals surface area contributed by atoms with E-state index in [1.807, 2.05) is 0 Å². The van der Waals surface area contributed by atoms with Gasteiger partial charge in [-0.3, -0.25) is 0 Å². The van der Waals surface area contributed by atoms with Crippen LogP contribution in [-0.4, -0.2) is 4.98 Å². The summed E-state index contributed by atoms with van der Waals surface area (Å²) in [5.41, 5.74) is -0.00252. The maximum absolute atomic E-state index is 13.5. The van der Waals surface area contributed by atoms with Crippen LogP contribution in [-0.2, 0) is 0 Å². The van der Waals surface area contributed by atoms with Gasteiger partial charge in [-0.15, -0.1) is 0 Å². The number of pyridine rings is 1. The van der Waals surface area contributed by atoms with E-state index in [0.29, 0.717) is 4.47 Å². The number of aromatic nitrogens is 1. The molecule has 0 atom stereocenters. The summed E-state index contributed by atoms with van der Waals surface area (Å²) in [5, 5.41) is 8.81. The lowest BCUT2D eigenvalue weighted by molar-refractivity contribution is 0.413. The van der Waals surface area contributed by atoms with Gasteiger partial charge in [0, 0.05) is 10.7 Å². The number of hydrogen-bond acceptors (Lipinski definition) is 3. The average molecular weight is 311 g/mol. The van der Waals surface area contributed by atoms with Crippen molar-refractivity contribution in [2.24, 2.45) is 0 Å². The highest BCUT2D eigenvalue weighted by molar-refractivity contribution is 9.10. The first-order valence-electron chi connectivity index (χ1n) is 4.79. The van der Waals surface area contributed by atoms with E-state index in [1.54, 1.807) is 6.07 Å². The SMILES string of the molecule is N#Cc1ncccc1Oc1cc(Br)cc(F)c1F. The normalized spacial score (nSPS) is 9.89. The molecule has 2 aromatic rings. The Labute approximate surface area is 110 Å². The zero-order valence-electron chi connectivity index (χ0n) is 8.82. The van der Waals surface area contributed by atoms with E-state index >= 15 is 0 Å². The molecule has 0 saturated carbocycles. The van der Waals surface area contributed by atoms with Crippen molar-refractivity contribution in [3.63, 3.8) is 0 Å². The first-order valence-corrected chi connectivity index (χ1v) is 5.58. The van der Waals surface area contributed by atoms with E-state index in [2.05, 4.69) is 20.9 Å². The number of ether oxygens (including phenoxy) is 1. The number of nitrogens with zero attached hydrogens (tertiary/aromatic N) is 2. The predicted octanol–water partition coefficient (Wildman–Crippen LogP) is 3.79. The molecule has 0 amide bonds. The maximum Gasteiger partial charge on any atom is 0.201 e. The van der Waals surface area contributed by atoms with Crippen LogP contribution in [0.4, 0.5) is 8.78 Å². The highest BCUT2D eigenvalue weighted by Crippen LogP contribution is 2.30. The van der Waals surface area contributed by atoms with Gasteiger partial charge in [0.25, 0.3) is 0 Å². The number of hydrogen-bond donors (Lipinski definition) is 0. The standard InChI is InChI=1S/C12H5BrF2N2O/c13-7-4-8(14)12(15)11(5-7)18-10-2-1-3-17-9(10)6-16/h1-5H. The third kappa shape index (κ3) is 2.46. The van der Waals surface area contributed by atoms with Gasteiger partial charge in [0.15, 0.2) is 23.0 Å². The second kappa shape index (κ2) is 5.10. The number of halogens is 3. The van der Waals surface area contributed by atoms with Crippen LogP contribution in [0.2, 0.25) is 0 Å². The van der Waals surface area contributed by atoms with E-state index < -0.39 is 11.6 Å². The molecule has 2 rings (SSSR count). The largest absolute Gasteiger partial charge is 0.451 e. The molecule has 1 aromatic heterocycles. The Hall–Kier alpha value is -2.00. The van der Waals surface area contributed by atoms with Crippen molar-refractivity contribution < 1.29 is 13.5 Å². The molecule has 1 aromatic carbocycles. The third-order valence-corrected chi connectivity index (χ3v) is 2.51. The molecule has 0 radical (unpaired) electrons. The van der Waals surface area contributed by atoms with Gasteiger partial charge in [0.1, 0.15) is 6.07 Å². The molecule has 1 heterocycles. The summed E-state index contributed by atoms with van der Waals surface area (Å²) in [6, 6.07) is 7.03. The zero-order valence-corrected chi connectivity index (χ0v) is 10.4. The van der Waals surface area contributed by atoms with Gasteiger partial charge in [-0.1, -0.05) is 15.9 Å². The van der Waals surface area contributed by atoms with E-state index in [-0.39, 0.29) is 17.2 Å². The molecule has 0 N–H and O–H groups in total. The maximum atomic E-state index is 13.5. The minimum atomic E-state index is -1.12. The Bertz CT molecular complexity index is 640. The van der Waals surface area contributed by atoms with Crippen LogP contribution in [0.25, 0.3) is 0 Å². The third-order valence-electron chi connectivity index (χ3n) is 2.06. The Morgan fingerprint density at radius 2 is 2.06 bits per heavy atom. The molecule has 0 aliphatic rings. The van der Waals surface area contributed by atoms with Crippen molar-refractivity contribution in [2.75, 3.05) is 0 Å². The summed E-state index contributed by atoms with van der Waals surface area (Å²) < 4.78 is 32.1. The van der Waals surface area contributed by atoms with Crippen molar-refractivity contribution in [1.29, 1.82) is 5.26 Å². The predicted molar refractivity (Wildman–Crippen MR) is 63.1 cm³/mol. The fraction of sp³-hybridized carbons (Fsp3) is 0. The zero-order chi connectivity index (χ0) is 13.1. The Morgan fingerprint density at radius 1 is 1.28 bits per heavy atom. The van der Waals surface area contributed by atoms with Crippen molar-refractivity contribution >= 4 is 15.9 Å². The molecule has 0 aliphatic heterocycles. The van der Waals surface area contributed by atoms with Crippen molar-refractivity contribution in [2.45, 2.75) is 0 Å². The summed E-state index contributed by atoms with van der Waals surface area (Å²) in [4.78, 5) is 3.75. The minimum Gasteiger partial charge on any atom is -0.451 e. The monoisotopic (exact) mass is 310 g/mol. The lowest BCUT2D eigenvalue weighted by Gasteiger charge is -2.08. The molecular weight excluding hydrogens is 306 g/mol. The van der Waals surface area contributed by atoms with Crippen LogP contribution < -0.4 is 4.74 Å². The van der Waals surface area contributed by atoms with Crippen LogP contribution in [0.5, 0.6) is 11.5 Å². The molecular formula is C12H5BrF2N2O. The molecule has 0 spiro atoms. The Balaban J connectivity index is 2.44. The molecule has 6 heteroatoms.